The highest BCUT2D eigenvalue weighted by Crippen LogP contribution is 2.17. The Bertz CT molecular complexity index is 402. The fourth-order valence-electron chi connectivity index (χ4n) is 1.12. The van der Waals surface area contributed by atoms with Gasteiger partial charge in [0.1, 0.15) is 5.75 Å². The zero-order valence-electron chi connectivity index (χ0n) is 9.83. The first kappa shape index (κ1) is 13.9. The molecule has 0 radical (unpaired) electrons. The molecule has 0 atom stereocenters. The number of ether oxygens (including phenoxy) is 3. The molecule has 0 heterocycles. The van der Waals surface area contributed by atoms with Crippen LogP contribution in [0.3, 0.4) is 0 Å². The van der Waals surface area contributed by atoms with Gasteiger partial charge in [0.2, 0.25) is 0 Å². The van der Waals surface area contributed by atoms with Crippen molar-refractivity contribution in [1.29, 1.82) is 0 Å². The van der Waals surface area contributed by atoms with E-state index in [2.05, 4.69) is 0 Å². The molecule has 18 heavy (non-hydrogen) atoms. The number of nitrogens with zero attached hydrogens (tertiary/aromatic N) is 1. The van der Waals surface area contributed by atoms with Crippen molar-refractivity contribution >= 4 is 11.8 Å². The molecule has 0 fully saturated rings. The molecule has 0 bridgehead atoms. The number of carbonyl (C=O) groups excluding carboxylic acids is 1. The summed E-state index contributed by atoms with van der Waals surface area (Å²) in [5, 5.41) is 10.4. The molecule has 0 unspecified atom stereocenters. The van der Waals surface area contributed by atoms with E-state index in [-0.39, 0.29) is 18.0 Å². The second-order valence-corrected chi connectivity index (χ2v) is 3.30. The first-order chi connectivity index (χ1) is 8.63. The van der Waals surface area contributed by atoms with Crippen LogP contribution in [-0.2, 0) is 9.47 Å². The molecule has 0 aromatic heterocycles. The van der Waals surface area contributed by atoms with E-state index in [4.69, 9.17) is 14.2 Å². The lowest BCUT2D eigenvalue weighted by atomic mass is 10.3. The van der Waals surface area contributed by atoms with Gasteiger partial charge in [-0.3, -0.25) is 10.1 Å². The van der Waals surface area contributed by atoms with Gasteiger partial charge in [-0.2, -0.15) is 0 Å². The SMILES string of the molecule is COCCCOC(=O)Oc1ccc([N+](=O)[O-])cc1. The molecule has 7 nitrogen and oxygen atoms in total. The molecule has 1 aromatic rings. The molecule has 0 saturated carbocycles. The van der Waals surface area contributed by atoms with Crippen molar-refractivity contribution in [2.24, 2.45) is 0 Å². The summed E-state index contributed by atoms with van der Waals surface area (Å²) in [6, 6.07) is 5.14. The molecule has 0 saturated heterocycles. The quantitative estimate of drug-likeness (QED) is 0.254. The highest BCUT2D eigenvalue weighted by atomic mass is 16.7. The smallest absolute Gasteiger partial charge is 0.434 e. The van der Waals surface area contributed by atoms with E-state index < -0.39 is 11.1 Å². The third-order valence-corrected chi connectivity index (χ3v) is 1.96. The lowest BCUT2D eigenvalue weighted by molar-refractivity contribution is -0.384. The van der Waals surface area contributed by atoms with E-state index in [0.717, 1.165) is 0 Å². The van der Waals surface area contributed by atoms with Crippen molar-refractivity contribution in [3.05, 3.63) is 34.4 Å². The first-order valence-electron chi connectivity index (χ1n) is 5.21. The van der Waals surface area contributed by atoms with E-state index in [1.165, 1.54) is 24.3 Å². The molecule has 7 heteroatoms. The minimum Gasteiger partial charge on any atom is -0.434 e. The van der Waals surface area contributed by atoms with Crippen LogP contribution in [0.1, 0.15) is 6.42 Å². The normalized spacial score (nSPS) is 9.83. The number of benzene rings is 1. The standard InChI is InChI=1S/C11H13NO6/c1-16-7-2-8-17-11(13)18-10-5-3-9(4-6-10)12(14)15/h3-6H,2,7-8H2,1H3. The first-order valence-corrected chi connectivity index (χ1v) is 5.21. The van der Waals surface area contributed by atoms with Gasteiger partial charge in [-0.15, -0.1) is 0 Å². The Labute approximate surface area is 103 Å². The highest BCUT2D eigenvalue weighted by molar-refractivity contribution is 5.63. The average molecular weight is 255 g/mol. The summed E-state index contributed by atoms with van der Waals surface area (Å²) in [6.07, 6.45) is -0.272. The molecule has 1 rings (SSSR count). The molecule has 98 valence electrons. The topological polar surface area (TPSA) is 87.9 Å². The third-order valence-electron chi connectivity index (χ3n) is 1.96. The molecule has 0 N–H and O–H groups in total. The van der Waals surface area contributed by atoms with Gasteiger partial charge in [-0.25, -0.2) is 4.79 Å². The monoisotopic (exact) mass is 255 g/mol. The van der Waals surface area contributed by atoms with Gasteiger partial charge in [-0.1, -0.05) is 0 Å². The van der Waals surface area contributed by atoms with Crippen molar-refractivity contribution in [2.75, 3.05) is 20.3 Å². The molecule has 0 aliphatic carbocycles. The number of nitro groups is 1. The van der Waals surface area contributed by atoms with Crippen LogP contribution >= 0.6 is 0 Å². The number of hydrogen-bond acceptors (Lipinski definition) is 6. The maximum atomic E-state index is 11.2. The third kappa shape index (κ3) is 4.79. The van der Waals surface area contributed by atoms with Crippen LogP contribution in [-0.4, -0.2) is 31.4 Å². The van der Waals surface area contributed by atoms with E-state index in [0.29, 0.717) is 13.0 Å². The second-order valence-electron chi connectivity index (χ2n) is 3.30. The predicted molar refractivity (Wildman–Crippen MR) is 61.6 cm³/mol. The molecule has 0 aliphatic rings. The van der Waals surface area contributed by atoms with Gasteiger partial charge in [0, 0.05) is 32.3 Å². The van der Waals surface area contributed by atoms with E-state index in [1.54, 1.807) is 7.11 Å². The maximum Gasteiger partial charge on any atom is 0.513 e. The summed E-state index contributed by atoms with van der Waals surface area (Å²) in [6.45, 7) is 0.685. The van der Waals surface area contributed by atoms with Gasteiger partial charge >= 0.3 is 6.16 Å². The van der Waals surface area contributed by atoms with Crippen LogP contribution in [0.25, 0.3) is 0 Å². The number of carbonyl (C=O) groups is 1. The number of methoxy groups -OCH3 is 1. The zero-order valence-corrected chi connectivity index (χ0v) is 9.83. The summed E-state index contributed by atoms with van der Waals surface area (Å²) in [5.41, 5.74) is -0.0733. The molecular weight excluding hydrogens is 242 g/mol. The van der Waals surface area contributed by atoms with Crippen molar-refractivity contribution in [1.82, 2.24) is 0 Å². The Kier molecular flexibility index (Phi) is 5.59. The van der Waals surface area contributed by atoms with Crippen LogP contribution in [0, 0.1) is 10.1 Å². The number of rotatable bonds is 6. The van der Waals surface area contributed by atoms with Crippen LogP contribution < -0.4 is 4.74 Å². The Hall–Kier alpha value is -2.15. The molecule has 1 aromatic carbocycles. The molecule has 0 amide bonds. The van der Waals surface area contributed by atoms with Gasteiger partial charge in [0.15, 0.2) is 0 Å². The van der Waals surface area contributed by atoms with E-state index in [1.807, 2.05) is 0 Å². The van der Waals surface area contributed by atoms with Gasteiger partial charge in [0.25, 0.3) is 5.69 Å². The van der Waals surface area contributed by atoms with Crippen LogP contribution in [0.5, 0.6) is 5.75 Å². The number of nitro benzene ring substituents is 1. The second kappa shape index (κ2) is 7.23. The van der Waals surface area contributed by atoms with Crippen LogP contribution in [0.4, 0.5) is 10.5 Å². The largest absolute Gasteiger partial charge is 0.513 e. The Morgan fingerprint density at radius 3 is 2.50 bits per heavy atom. The minimum atomic E-state index is -0.847. The van der Waals surface area contributed by atoms with Crippen molar-refractivity contribution in [2.45, 2.75) is 6.42 Å². The number of hydrogen-bond donors (Lipinski definition) is 0. The molecular formula is C11H13NO6. The summed E-state index contributed by atoms with van der Waals surface area (Å²) in [5.74, 6) is 0.192. The van der Waals surface area contributed by atoms with Crippen LogP contribution in [0.2, 0.25) is 0 Å². The number of non-ortho nitro benzene ring substituents is 1. The van der Waals surface area contributed by atoms with Gasteiger partial charge < -0.3 is 14.2 Å². The zero-order chi connectivity index (χ0) is 13.4. The summed E-state index contributed by atoms with van der Waals surface area (Å²) < 4.78 is 14.3. The molecule has 0 aliphatic heterocycles. The van der Waals surface area contributed by atoms with Crippen molar-refractivity contribution in [3.63, 3.8) is 0 Å². The Balaban J connectivity index is 2.37. The lowest BCUT2D eigenvalue weighted by Gasteiger charge is -2.05. The van der Waals surface area contributed by atoms with E-state index in [9.17, 15) is 14.9 Å². The summed E-state index contributed by atoms with van der Waals surface area (Å²) in [7, 11) is 1.55. The van der Waals surface area contributed by atoms with Crippen molar-refractivity contribution < 1.29 is 23.9 Å². The lowest BCUT2D eigenvalue weighted by Crippen LogP contribution is -2.12. The van der Waals surface area contributed by atoms with Gasteiger partial charge in [0.05, 0.1) is 11.5 Å². The van der Waals surface area contributed by atoms with Crippen molar-refractivity contribution in [3.8, 4) is 5.75 Å². The van der Waals surface area contributed by atoms with Crippen LogP contribution in [0.15, 0.2) is 24.3 Å². The van der Waals surface area contributed by atoms with E-state index >= 15 is 0 Å². The Morgan fingerprint density at radius 1 is 1.28 bits per heavy atom. The summed E-state index contributed by atoms with van der Waals surface area (Å²) >= 11 is 0. The highest BCUT2D eigenvalue weighted by Gasteiger charge is 2.08. The fourth-order valence-corrected chi connectivity index (χ4v) is 1.12. The predicted octanol–water partition coefficient (Wildman–Crippen LogP) is 2.15. The summed E-state index contributed by atoms with van der Waals surface area (Å²) in [4.78, 5) is 21.0. The maximum absolute atomic E-state index is 11.2. The fraction of sp³-hybridized carbons (Fsp3) is 0.364. The Morgan fingerprint density at radius 2 is 1.94 bits per heavy atom. The van der Waals surface area contributed by atoms with Gasteiger partial charge in [-0.05, 0) is 12.1 Å². The minimum absolute atomic E-state index is 0.0733. The average Bonchev–Trinajstić information content (AvgIpc) is 2.35. The molecule has 0 spiro atoms.